The van der Waals surface area contributed by atoms with Crippen molar-refractivity contribution < 1.29 is 0 Å². The molecule has 0 radical (unpaired) electrons. The highest BCUT2D eigenvalue weighted by atomic mass is 32.1. The molecule has 0 spiro atoms. The van der Waals surface area contributed by atoms with Gasteiger partial charge >= 0.3 is 0 Å². The van der Waals surface area contributed by atoms with Crippen LogP contribution in [0, 0.1) is 22.5 Å². The fourth-order valence-electron chi connectivity index (χ4n) is 6.72. The normalized spacial score (nSPS) is 38.3. The zero-order chi connectivity index (χ0) is 16.3. The Morgan fingerprint density at radius 1 is 1.00 bits per heavy atom. The monoisotopic (exact) mass is 346 g/mol. The highest BCUT2D eigenvalue weighted by molar-refractivity contribution is 7.71. The third kappa shape index (κ3) is 2.42. The molecule has 5 heteroatoms. The fraction of sp³-hybridized carbons (Fsp3) is 0.895. The summed E-state index contributed by atoms with van der Waals surface area (Å²) in [5.74, 6) is 4.19. The van der Waals surface area contributed by atoms with E-state index in [1.165, 1.54) is 70.3 Å². The Morgan fingerprint density at radius 3 is 2.17 bits per heavy atom. The first-order chi connectivity index (χ1) is 11.6. The van der Waals surface area contributed by atoms with Crippen molar-refractivity contribution in [1.29, 1.82) is 0 Å². The van der Waals surface area contributed by atoms with E-state index in [4.69, 9.17) is 17.3 Å². The first kappa shape index (κ1) is 15.6. The van der Waals surface area contributed by atoms with Crippen molar-refractivity contribution in [1.82, 2.24) is 19.2 Å². The molecule has 0 amide bonds. The highest BCUT2D eigenvalue weighted by Gasteiger charge is 2.53. The smallest absolute Gasteiger partial charge is 0.197 e. The van der Waals surface area contributed by atoms with Gasteiger partial charge in [-0.3, -0.25) is 0 Å². The van der Waals surface area contributed by atoms with Crippen molar-refractivity contribution in [2.45, 2.75) is 63.3 Å². The van der Waals surface area contributed by atoms with Gasteiger partial charge in [0.05, 0.1) is 6.54 Å². The zero-order valence-corrected chi connectivity index (χ0v) is 15.7. The molecule has 1 aliphatic heterocycles. The van der Waals surface area contributed by atoms with E-state index in [9.17, 15) is 0 Å². The van der Waals surface area contributed by atoms with Crippen molar-refractivity contribution in [3.05, 3.63) is 10.6 Å². The highest BCUT2D eigenvalue weighted by Crippen LogP contribution is 2.60. The summed E-state index contributed by atoms with van der Waals surface area (Å²) < 4.78 is 5.31. The number of aromatic nitrogens is 3. The van der Waals surface area contributed by atoms with Crippen LogP contribution in [0.5, 0.6) is 0 Å². The second kappa shape index (κ2) is 5.66. The van der Waals surface area contributed by atoms with Gasteiger partial charge in [0.2, 0.25) is 0 Å². The van der Waals surface area contributed by atoms with E-state index < -0.39 is 0 Å². The molecule has 0 N–H and O–H groups in total. The van der Waals surface area contributed by atoms with E-state index in [-0.39, 0.29) is 0 Å². The molecule has 4 bridgehead atoms. The summed E-state index contributed by atoms with van der Waals surface area (Å²) >= 11 is 5.75. The average Bonchev–Trinajstić information content (AvgIpc) is 3.14. The van der Waals surface area contributed by atoms with Crippen molar-refractivity contribution >= 4 is 12.2 Å². The molecule has 5 fully saturated rings. The Hall–Kier alpha value is -0.680. The molecule has 0 atom stereocenters. The van der Waals surface area contributed by atoms with Crippen LogP contribution in [0.2, 0.25) is 0 Å². The Morgan fingerprint density at radius 2 is 1.58 bits per heavy atom. The van der Waals surface area contributed by atoms with Crippen LogP contribution < -0.4 is 0 Å². The molecule has 2 heterocycles. The van der Waals surface area contributed by atoms with Crippen molar-refractivity contribution in [2.24, 2.45) is 24.8 Å². The van der Waals surface area contributed by atoms with Gasteiger partial charge in [-0.2, -0.15) is 5.10 Å². The summed E-state index contributed by atoms with van der Waals surface area (Å²) in [6, 6.07) is 0. The van der Waals surface area contributed by atoms with Gasteiger partial charge < -0.3 is 9.47 Å². The lowest BCUT2D eigenvalue weighted by molar-refractivity contribution is -0.0110. The maximum Gasteiger partial charge on any atom is 0.197 e. The Balaban J connectivity index is 1.42. The molecule has 4 saturated carbocycles. The van der Waals surface area contributed by atoms with E-state index in [0.717, 1.165) is 35.6 Å². The molecule has 1 aromatic heterocycles. The van der Waals surface area contributed by atoms with Gasteiger partial charge in [-0.05, 0) is 94.4 Å². The quantitative estimate of drug-likeness (QED) is 0.780. The summed E-state index contributed by atoms with van der Waals surface area (Å²) in [6.45, 7) is 4.56. The fourth-order valence-corrected chi connectivity index (χ4v) is 6.94. The molecule has 132 valence electrons. The number of hydrogen-bond donors (Lipinski definition) is 0. The predicted molar refractivity (Wildman–Crippen MR) is 97.6 cm³/mol. The Labute approximate surface area is 150 Å². The third-order valence-corrected chi connectivity index (χ3v) is 7.86. The van der Waals surface area contributed by atoms with Crippen molar-refractivity contribution in [3.8, 4) is 0 Å². The summed E-state index contributed by atoms with van der Waals surface area (Å²) in [5, 5.41) is 5.11. The number of rotatable bonds is 4. The lowest BCUT2D eigenvalue weighted by Crippen LogP contribution is -2.49. The SMILES string of the molecule is Cn1c(C23CC4CC(CC(C4)C2)C3)nn(CCN2CCCC2)c1=S. The first-order valence-corrected chi connectivity index (χ1v) is 10.4. The zero-order valence-electron chi connectivity index (χ0n) is 14.9. The van der Waals surface area contributed by atoms with Crippen LogP contribution in [0.3, 0.4) is 0 Å². The Bertz CT molecular complexity index is 647. The van der Waals surface area contributed by atoms with Gasteiger partial charge in [0, 0.05) is 19.0 Å². The molecule has 24 heavy (non-hydrogen) atoms. The number of hydrogen-bond acceptors (Lipinski definition) is 3. The minimum absolute atomic E-state index is 0.343. The second-order valence-electron chi connectivity index (χ2n) is 9.13. The molecular formula is C19H30N4S. The topological polar surface area (TPSA) is 26.0 Å². The van der Waals surface area contributed by atoms with Crippen LogP contribution in [0.15, 0.2) is 0 Å². The summed E-state index contributed by atoms with van der Waals surface area (Å²) in [6.07, 6.45) is 11.3. The number of likely N-dealkylation sites (tertiary alicyclic amines) is 1. The maximum atomic E-state index is 5.75. The lowest BCUT2D eigenvalue weighted by atomic mass is 9.49. The molecule has 4 aliphatic carbocycles. The predicted octanol–water partition coefficient (Wildman–Crippen LogP) is 3.51. The van der Waals surface area contributed by atoms with Gasteiger partial charge in [-0.25, -0.2) is 4.68 Å². The lowest BCUT2D eigenvalue weighted by Gasteiger charge is -2.56. The first-order valence-electron chi connectivity index (χ1n) is 10.00. The summed E-state index contributed by atoms with van der Waals surface area (Å²) in [5.41, 5.74) is 0.343. The van der Waals surface area contributed by atoms with Crippen LogP contribution in [0.25, 0.3) is 0 Å². The average molecular weight is 347 g/mol. The number of nitrogens with zero attached hydrogens (tertiary/aromatic N) is 4. The van der Waals surface area contributed by atoms with Crippen LogP contribution >= 0.6 is 12.2 Å². The minimum atomic E-state index is 0.343. The van der Waals surface area contributed by atoms with E-state index in [2.05, 4.69) is 21.2 Å². The summed E-state index contributed by atoms with van der Waals surface area (Å²) in [7, 11) is 2.16. The minimum Gasteiger partial charge on any atom is -0.307 e. The van der Waals surface area contributed by atoms with Crippen LogP contribution in [0.4, 0.5) is 0 Å². The van der Waals surface area contributed by atoms with E-state index in [1.807, 2.05) is 0 Å². The molecule has 0 aromatic carbocycles. The molecule has 6 rings (SSSR count). The van der Waals surface area contributed by atoms with Gasteiger partial charge in [-0.15, -0.1) is 0 Å². The van der Waals surface area contributed by atoms with E-state index in [1.54, 1.807) is 0 Å². The molecule has 4 nitrogen and oxygen atoms in total. The van der Waals surface area contributed by atoms with Crippen LogP contribution in [-0.2, 0) is 19.0 Å². The van der Waals surface area contributed by atoms with Gasteiger partial charge in [0.15, 0.2) is 4.77 Å². The van der Waals surface area contributed by atoms with Crippen molar-refractivity contribution in [2.75, 3.05) is 19.6 Å². The second-order valence-corrected chi connectivity index (χ2v) is 9.50. The van der Waals surface area contributed by atoms with E-state index in [0.29, 0.717) is 5.41 Å². The summed E-state index contributed by atoms with van der Waals surface area (Å²) in [4.78, 5) is 2.56. The van der Waals surface area contributed by atoms with Crippen LogP contribution in [0.1, 0.15) is 57.2 Å². The molecule has 1 aromatic rings. The Kier molecular flexibility index (Phi) is 3.67. The van der Waals surface area contributed by atoms with Crippen molar-refractivity contribution in [3.63, 3.8) is 0 Å². The molecular weight excluding hydrogens is 316 g/mol. The molecule has 5 aliphatic rings. The largest absolute Gasteiger partial charge is 0.307 e. The standard InChI is InChI=1S/C19H30N4S/c1-21-17(19-11-14-8-15(12-19)10-16(9-14)13-19)20-23(18(21)24)7-6-22-4-2-3-5-22/h14-16H,2-13H2,1H3. The van der Waals surface area contributed by atoms with Gasteiger partial charge in [0.25, 0.3) is 0 Å². The molecule has 0 unspecified atom stereocenters. The van der Waals surface area contributed by atoms with Gasteiger partial charge in [-0.1, -0.05) is 0 Å². The van der Waals surface area contributed by atoms with Gasteiger partial charge in [0.1, 0.15) is 5.82 Å². The molecule has 1 saturated heterocycles. The van der Waals surface area contributed by atoms with E-state index >= 15 is 0 Å². The van der Waals surface area contributed by atoms with Crippen LogP contribution in [-0.4, -0.2) is 38.9 Å². The third-order valence-electron chi connectivity index (χ3n) is 7.38. The maximum absolute atomic E-state index is 5.75.